The zero-order chi connectivity index (χ0) is 19.5. The fourth-order valence-corrected chi connectivity index (χ4v) is 3.86. The number of aryl methyl sites for hydroxylation is 1. The Kier molecular flexibility index (Phi) is 6.37. The van der Waals surface area contributed by atoms with Crippen LogP contribution in [0.4, 0.5) is 4.79 Å². The molecule has 26 heavy (non-hydrogen) atoms. The topological polar surface area (TPSA) is 66.8 Å². The molecule has 0 aliphatic carbocycles. The molecular weight excluding hydrogens is 398 g/mol. The molecule has 0 aromatic heterocycles. The third-order valence-electron chi connectivity index (χ3n) is 5.05. The van der Waals surface area contributed by atoms with Gasteiger partial charge >= 0.3 is 12.1 Å². The summed E-state index contributed by atoms with van der Waals surface area (Å²) in [6.45, 7) is 8.35. The minimum Gasteiger partial charge on any atom is -0.465 e. The standard InChI is InChI=1S/C20H28BrNO4/c1-19(2,3)26-17(23)20(4,15-9-11-22(13-15)18(24)25)10-8-14-6-5-7-16(21)12-14/h5-7,12,15H,8-11,13H2,1-4H3,(H,24,25)/t15-,20?/m0/s1. The summed E-state index contributed by atoms with van der Waals surface area (Å²) < 4.78 is 6.72. The van der Waals surface area contributed by atoms with Crippen molar-refractivity contribution in [1.29, 1.82) is 0 Å². The van der Waals surface area contributed by atoms with Gasteiger partial charge in [-0.3, -0.25) is 4.79 Å². The summed E-state index contributed by atoms with van der Waals surface area (Å²) in [6, 6.07) is 8.04. The van der Waals surface area contributed by atoms with Gasteiger partial charge in [0.1, 0.15) is 5.60 Å². The smallest absolute Gasteiger partial charge is 0.407 e. The summed E-state index contributed by atoms with van der Waals surface area (Å²) in [6.07, 6.45) is 1.11. The summed E-state index contributed by atoms with van der Waals surface area (Å²) in [7, 11) is 0. The largest absolute Gasteiger partial charge is 0.465 e. The van der Waals surface area contributed by atoms with Crippen LogP contribution in [-0.2, 0) is 16.0 Å². The zero-order valence-electron chi connectivity index (χ0n) is 15.9. The van der Waals surface area contributed by atoms with Gasteiger partial charge in [-0.2, -0.15) is 0 Å². The molecule has 2 rings (SSSR count). The molecule has 0 spiro atoms. The number of carbonyl (C=O) groups is 2. The predicted molar refractivity (Wildman–Crippen MR) is 104 cm³/mol. The number of esters is 1. The van der Waals surface area contributed by atoms with Crippen LogP contribution in [0.2, 0.25) is 0 Å². The van der Waals surface area contributed by atoms with E-state index in [1.807, 2.05) is 52.0 Å². The molecule has 2 atom stereocenters. The molecule has 1 heterocycles. The molecule has 0 radical (unpaired) electrons. The molecule has 0 saturated carbocycles. The number of hydrogen-bond acceptors (Lipinski definition) is 3. The Morgan fingerprint density at radius 2 is 2.00 bits per heavy atom. The second kappa shape index (κ2) is 7.99. The molecular formula is C20H28BrNO4. The van der Waals surface area contributed by atoms with Crippen LogP contribution in [-0.4, -0.2) is 40.8 Å². The van der Waals surface area contributed by atoms with Gasteiger partial charge in [0.05, 0.1) is 5.41 Å². The third kappa shape index (κ3) is 5.22. The summed E-state index contributed by atoms with van der Waals surface area (Å²) >= 11 is 3.48. The number of ether oxygens (including phenoxy) is 1. The van der Waals surface area contributed by atoms with E-state index in [2.05, 4.69) is 15.9 Å². The van der Waals surface area contributed by atoms with Crippen molar-refractivity contribution < 1.29 is 19.4 Å². The summed E-state index contributed by atoms with van der Waals surface area (Å²) in [5.74, 6) is -0.280. The van der Waals surface area contributed by atoms with E-state index in [9.17, 15) is 14.7 Å². The van der Waals surface area contributed by atoms with Crippen LogP contribution in [0.1, 0.15) is 46.1 Å². The number of likely N-dealkylation sites (tertiary alicyclic amines) is 1. The highest BCUT2D eigenvalue weighted by atomic mass is 79.9. The van der Waals surface area contributed by atoms with Gasteiger partial charge in [-0.15, -0.1) is 0 Å². The van der Waals surface area contributed by atoms with Gasteiger partial charge in [-0.05, 0) is 70.6 Å². The minimum absolute atomic E-state index is 0.0411. The molecule has 1 unspecified atom stereocenters. The van der Waals surface area contributed by atoms with Crippen molar-refractivity contribution >= 4 is 28.0 Å². The Hall–Kier alpha value is -1.56. The van der Waals surface area contributed by atoms with Crippen LogP contribution in [0.3, 0.4) is 0 Å². The number of nitrogens with zero attached hydrogens (tertiary/aromatic N) is 1. The molecule has 1 aliphatic rings. The Balaban J connectivity index is 2.20. The first kappa shape index (κ1) is 20.7. The lowest BCUT2D eigenvalue weighted by Gasteiger charge is -2.36. The maximum atomic E-state index is 13.0. The molecule has 1 fully saturated rings. The van der Waals surface area contributed by atoms with Crippen molar-refractivity contribution in [3.63, 3.8) is 0 Å². The monoisotopic (exact) mass is 425 g/mol. The summed E-state index contributed by atoms with van der Waals surface area (Å²) in [5, 5.41) is 9.26. The molecule has 1 aromatic carbocycles. The second-order valence-corrected chi connectivity index (χ2v) is 9.18. The van der Waals surface area contributed by atoms with E-state index in [-0.39, 0.29) is 11.9 Å². The van der Waals surface area contributed by atoms with Crippen molar-refractivity contribution in [1.82, 2.24) is 4.90 Å². The number of carbonyl (C=O) groups excluding carboxylic acids is 1. The number of carboxylic acid groups (broad SMARTS) is 1. The molecule has 144 valence electrons. The molecule has 5 nitrogen and oxygen atoms in total. The molecule has 1 aliphatic heterocycles. The van der Waals surface area contributed by atoms with E-state index in [0.717, 1.165) is 16.5 Å². The number of amides is 1. The Morgan fingerprint density at radius 1 is 1.31 bits per heavy atom. The lowest BCUT2D eigenvalue weighted by Crippen LogP contribution is -2.42. The minimum atomic E-state index is -0.925. The third-order valence-corrected chi connectivity index (χ3v) is 5.54. The van der Waals surface area contributed by atoms with Gasteiger partial charge in [0.2, 0.25) is 0 Å². The molecule has 6 heteroatoms. The molecule has 1 saturated heterocycles. The molecule has 1 N–H and O–H groups in total. The van der Waals surface area contributed by atoms with Gasteiger partial charge < -0.3 is 14.7 Å². The van der Waals surface area contributed by atoms with E-state index in [4.69, 9.17) is 4.74 Å². The maximum Gasteiger partial charge on any atom is 0.407 e. The fourth-order valence-electron chi connectivity index (χ4n) is 3.42. The lowest BCUT2D eigenvalue weighted by molar-refractivity contribution is -0.170. The highest BCUT2D eigenvalue weighted by molar-refractivity contribution is 9.10. The van der Waals surface area contributed by atoms with E-state index in [0.29, 0.717) is 25.9 Å². The number of rotatable bonds is 5. The highest BCUT2D eigenvalue weighted by Gasteiger charge is 2.47. The van der Waals surface area contributed by atoms with E-state index in [1.54, 1.807) is 0 Å². The lowest BCUT2D eigenvalue weighted by atomic mass is 9.72. The quantitative estimate of drug-likeness (QED) is 0.692. The highest BCUT2D eigenvalue weighted by Crippen LogP contribution is 2.41. The van der Waals surface area contributed by atoms with Crippen LogP contribution < -0.4 is 0 Å². The van der Waals surface area contributed by atoms with Crippen LogP contribution in [0, 0.1) is 11.3 Å². The number of hydrogen-bond donors (Lipinski definition) is 1. The first-order valence-corrected chi connectivity index (χ1v) is 9.76. The predicted octanol–water partition coefficient (Wildman–Crippen LogP) is 4.73. The second-order valence-electron chi connectivity index (χ2n) is 8.26. The Labute approximate surface area is 163 Å². The van der Waals surface area contributed by atoms with Crippen LogP contribution >= 0.6 is 15.9 Å². The van der Waals surface area contributed by atoms with E-state index >= 15 is 0 Å². The average Bonchev–Trinajstić information content (AvgIpc) is 3.01. The van der Waals surface area contributed by atoms with Crippen molar-refractivity contribution in [2.75, 3.05) is 13.1 Å². The molecule has 0 bridgehead atoms. The molecule has 1 aromatic rings. The fraction of sp³-hybridized carbons (Fsp3) is 0.600. The van der Waals surface area contributed by atoms with Crippen molar-refractivity contribution in [2.24, 2.45) is 11.3 Å². The van der Waals surface area contributed by atoms with Crippen molar-refractivity contribution in [2.45, 2.75) is 52.6 Å². The normalized spacial score (nSPS) is 19.9. The van der Waals surface area contributed by atoms with Crippen LogP contribution in [0.5, 0.6) is 0 Å². The van der Waals surface area contributed by atoms with Crippen LogP contribution in [0.25, 0.3) is 0 Å². The van der Waals surface area contributed by atoms with Gasteiger partial charge in [-0.25, -0.2) is 4.79 Å². The summed E-state index contributed by atoms with van der Waals surface area (Å²) in [5.41, 5.74) is -0.152. The number of halogens is 1. The van der Waals surface area contributed by atoms with Crippen LogP contribution in [0.15, 0.2) is 28.7 Å². The first-order valence-electron chi connectivity index (χ1n) is 8.97. The zero-order valence-corrected chi connectivity index (χ0v) is 17.5. The van der Waals surface area contributed by atoms with Crippen molar-refractivity contribution in [3.05, 3.63) is 34.3 Å². The summed E-state index contributed by atoms with van der Waals surface area (Å²) in [4.78, 5) is 25.7. The van der Waals surface area contributed by atoms with Gasteiger partial charge in [0.25, 0.3) is 0 Å². The molecule has 1 amide bonds. The van der Waals surface area contributed by atoms with Gasteiger partial charge in [0.15, 0.2) is 0 Å². The maximum absolute atomic E-state index is 13.0. The van der Waals surface area contributed by atoms with Gasteiger partial charge in [-0.1, -0.05) is 28.1 Å². The Morgan fingerprint density at radius 3 is 2.54 bits per heavy atom. The van der Waals surface area contributed by atoms with E-state index < -0.39 is 17.1 Å². The SMILES string of the molecule is CC(C)(C)OC(=O)C(C)(CCc1cccc(Br)c1)[C@H]1CCN(C(=O)O)C1. The number of benzene rings is 1. The van der Waals surface area contributed by atoms with E-state index in [1.165, 1.54) is 4.90 Å². The Bertz CT molecular complexity index is 670. The van der Waals surface area contributed by atoms with Gasteiger partial charge in [0, 0.05) is 17.6 Å². The van der Waals surface area contributed by atoms with Crippen molar-refractivity contribution in [3.8, 4) is 0 Å². The average molecular weight is 426 g/mol. The first-order chi connectivity index (χ1) is 12.0.